The molecule has 0 amide bonds. The molecule has 12 atom stereocenters. The van der Waals surface area contributed by atoms with Crippen molar-refractivity contribution in [2.45, 2.75) is 154 Å². The van der Waals surface area contributed by atoms with Crippen LogP contribution < -0.4 is 31.9 Å². The van der Waals surface area contributed by atoms with Gasteiger partial charge in [0.1, 0.15) is 0 Å². The summed E-state index contributed by atoms with van der Waals surface area (Å²) in [6, 6.07) is 1.79. The molecule has 0 aromatic heterocycles. The molecule has 0 aromatic carbocycles. The number of aliphatic hydroxyl groups excluding tert-OH is 1. The molecule has 1 saturated heterocycles. The average molecular weight is 671 g/mol. The van der Waals surface area contributed by atoms with Crippen LogP contribution in [0.15, 0.2) is 0 Å². The highest BCUT2D eigenvalue weighted by molar-refractivity contribution is 5.09. The van der Waals surface area contributed by atoms with Crippen LogP contribution in [-0.2, 0) is 0 Å². The van der Waals surface area contributed by atoms with Gasteiger partial charge in [-0.1, -0.05) is 33.6 Å². The molecular formula is C41H78N6O. The first kappa shape index (κ1) is 37.5. The highest BCUT2D eigenvalue weighted by Crippen LogP contribution is 2.68. The summed E-state index contributed by atoms with van der Waals surface area (Å²) in [7, 11) is 0. The fraction of sp³-hybridized carbons (Fsp3) is 1.00. The van der Waals surface area contributed by atoms with Gasteiger partial charge in [0.05, 0.1) is 6.10 Å². The Bertz CT molecular complexity index is 952. The summed E-state index contributed by atoms with van der Waals surface area (Å²) < 4.78 is 0. The molecule has 1 aliphatic heterocycles. The van der Waals surface area contributed by atoms with E-state index >= 15 is 0 Å². The van der Waals surface area contributed by atoms with Gasteiger partial charge in [0.15, 0.2) is 0 Å². The molecule has 0 spiro atoms. The summed E-state index contributed by atoms with van der Waals surface area (Å²) in [4.78, 5) is 0. The zero-order valence-electron chi connectivity index (χ0n) is 31.6. The van der Waals surface area contributed by atoms with Crippen molar-refractivity contribution in [2.75, 3.05) is 58.9 Å². The molecule has 5 aliphatic carbocycles. The second-order valence-corrected chi connectivity index (χ2v) is 18.3. The molecule has 7 nitrogen and oxygen atoms in total. The minimum absolute atomic E-state index is 0.0266. The minimum atomic E-state index is -0.0266. The van der Waals surface area contributed by atoms with E-state index in [-0.39, 0.29) is 6.10 Å². The molecule has 4 unspecified atom stereocenters. The van der Waals surface area contributed by atoms with Gasteiger partial charge in [-0.3, -0.25) is 0 Å². The van der Waals surface area contributed by atoms with Crippen molar-refractivity contribution < 1.29 is 5.11 Å². The minimum Gasteiger partial charge on any atom is -0.393 e. The number of rotatable bonds is 9. The zero-order chi connectivity index (χ0) is 33.4. The van der Waals surface area contributed by atoms with Gasteiger partial charge in [-0.25, -0.2) is 0 Å². The molecule has 1 heterocycles. The first-order chi connectivity index (χ1) is 23.4. The van der Waals surface area contributed by atoms with Gasteiger partial charge in [-0.15, -0.1) is 0 Å². The highest BCUT2D eigenvalue weighted by atomic mass is 16.3. The first-order valence-corrected chi connectivity index (χ1v) is 21.4. The summed E-state index contributed by atoms with van der Waals surface area (Å²) >= 11 is 0. The Hall–Kier alpha value is -0.280. The van der Waals surface area contributed by atoms with Crippen molar-refractivity contribution in [1.29, 1.82) is 0 Å². The van der Waals surface area contributed by atoms with Crippen molar-refractivity contribution >= 4 is 0 Å². The Labute approximate surface area is 295 Å². The van der Waals surface area contributed by atoms with Crippen LogP contribution in [0, 0.1) is 46.3 Å². The Kier molecular flexibility index (Phi) is 14.0. The van der Waals surface area contributed by atoms with Gasteiger partial charge in [0.25, 0.3) is 0 Å². The van der Waals surface area contributed by atoms with Crippen molar-refractivity contribution in [3.63, 3.8) is 0 Å². The molecule has 5 saturated carbocycles. The van der Waals surface area contributed by atoms with E-state index in [0.717, 1.165) is 101 Å². The Morgan fingerprint density at radius 1 is 0.708 bits per heavy atom. The van der Waals surface area contributed by atoms with Gasteiger partial charge in [-0.2, -0.15) is 0 Å². The number of aliphatic hydroxyl groups is 1. The van der Waals surface area contributed by atoms with Crippen molar-refractivity contribution in [3.8, 4) is 0 Å². The van der Waals surface area contributed by atoms with E-state index in [0.29, 0.717) is 29.0 Å². The Morgan fingerprint density at radius 2 is 1.40 bits per heavy atom. The Balaban J connectivity index is 0.898. The van der Waals surface area contributed by atoms with Gasteiger partial charge in [0, 0.05) is 63.9 Å². The Morgan fingerprint density at radius 3 is 2.21 bits per heavy atom. The van der Waals surface area contributed by atoms with Crippen LogP contribution in [0.4, 0.5) is 0 Å². The molecule has 48 heavy (non-hydrogen) atoms. The molecule has 278 valence electrons. The molecule has 7 N–H and O–H groups in total. The topological polar surface area (TPSA) is 92.4 Å². The van der Waals surface area contributed by atoms with Gasteiger partial charge in [0.2, 0.25) is 0 Å². The molecule has 0 radical (unpaired) electrons. The van der Waals surface area contributed by atoms with E-state index in [9.17, 15) is 5.11 Å². The third kappa shape index (κ3) is 9.01. The normalized spacial score (nSPS) is 43.9. The molecule has 6 rings (SSSR count). The van der Waals surface area contributed by atoms with Crippen molar-refractivity contribution in [1.82, 2.24) is 31.9 Å². The zero-order valence-corrected chi connectivity index (χ0v) is 31.6. The summed E-state index contributed by atoms with van der Waals surface area (Å²) in [6.45, 7) is 17.7. The van der Waals surface area contributed by atoms with E-state index in [2.05, 4.69) is 52.7 Å². The number of nitrogens with one attached hydrogen (secondary N) is 6. The molecule has 0 aromatic rings. The molecule has 6 aliphatic rings. The quantitative estimate of drug-likeness (QED) is 0.165. The SMILES string of the molecule is C[C@H](CCCNCCC[C@H]1CN[C@@H]2CCCC[C@H]2NCCNCCNCCN1)[C@H]1CCC2C3CCC4C[C@H](O)CC[C@]4(C)C3CC[C@@]21C. The average Bonchev–Trinajstić information content (AvgIpc) is 3.44. The summed E-state index contributed by atoms with van der Waals surface area (Å²) in [5.74, 6) is 5.38. The predicted octanol–water partition coefficient (Wildman–Crippen LogP) is 5.43. The lowest BCUT2D eigenvalue weighted by Gasteiger charge is -2.61. The van der Waals surface area contributed by atoms with Gasteiger partial charge in [-0.05, 0) is 156 Å². The largest absolute Gasteiger partial charge is 0.393 e. The van der Waals surface area contributed by atoms with E-state index in [1.54, 1.807) is 0 Å². The number of fused-ring (bicyclic) bond motifs is 6. The molecule has 7 heteroatoms. The summed E-state index contributed by atoms with van der Waals surface area (Å²) in [5.41, 5.74) is 1.07. The van der Waals surface area contributed by atoms with Gasteiger partial charge >= 0.3 is 0 Å². The number of hydrogen-bond donors (Lipinski definition) is 7. The lowest BCUT2D eigenvalue weighted by molar-refractivity contribution is -0.129. The van der Waals surface area contributed by atoms with Crippen LogP contribution in [0.2, 0.25) is 0 Å². The van der Waals surface area contributed by atoms with Gasteiger partial charge < -0.3 is 37.0 Å². The fourth-order valence-corrected chi connectivity index (χ4v) is 12.9. The highest BCUT2D eigenvalue weighted by Gasteiger charge is 2.60. The third-order valence-corrected chi connectivity index (χ3v) is 15.6. The smallest absolute Gasteiger partial charge is 0.0543 e. The van der Waals surface area contributed by atoms with E-state index in [1.807, 2.05) is 0 Å². The molecular weight excluding hydrogens is 592 g/mol. The van der Waals surface area contributed by atoms with Crippen molar-refractivity contribution in [2.24, 2.45) is 46.3 Å². The lowest BCUT2D eigenvalue weighted by atomic mass is 9.44. The van der Waals surface area contributed by atoms with Crippen LogP contribution in [0.25, 0.3) is 0 Å². The number of hydrogen-bond acceptors (Lipinski definition) is 7. The molecule has 0 bridgehead atoms. The van der Waals surface area contributed by atoms with E-state index in [1.165, 1.54) is 103 Å². The maximum atomic E-state index is 10.4. The monoisotopic (exact) mass is 671 g/mol. The summed E-state index contributed by atoms with van der Waals surface area (Å²) in [6.07, 6.45) is 22.7. The van der Waals surface area contributed by atoms with E-state index in [4.69, 9.17) is 0 Å². The first-order valence-electron chi connectivity index (χ1n) is 21.4. The van der Waals surface area contributed by atoms with E-state index < -0.39 is 0 Å². The van der Waals surface area contributed by atoms with Crippen molar-refractivity contribution in [3.05, 3.63) is 0 Å². The maximum absolute atomic E-state index is 10.4. The fourth-order valence-electron chi connectivity index (χ4n) is 12.9. The lowest BCUT2D eigenvalue weighted by Crippen LogP contribution is -2.54. The predicted molar refractivity (Wildman–Crippen MR) is 201 cm³/mol. The van der Waals surface area contributed by atoms with Crippen LogP contribution in [0.3, 0.4) is 0 Å². The van der Waals surface area contributed by atoms with Crippen LogP contribution in [-0.4, -0.2) is 88.2 Å². The second kappa shape index (κ2) is 18.0. The third-order valence-electron chi connectivity index (χ3n) is 15.6. The van der Waals surface area contributed by atoms with Crippen LogP contribution in [0.1, 0.15) is 130 Å². The van der Waals surface area contributed by atoms with Crippen LogP contribution in [0.5, 0.6) is 0 Å². The standard InChI is InChI=1S/C41H78N6O/c1-30(35-14-15-36-34-13-12-31-28-33(48)16-18-40(31,2)37(34)17-19-41(35,36)3)8-6-20-42-21-7-9-32-29-47-39-11-5-4-10-38(39)46-27-25-44-23-22-43-24-26-45-32/h30-39,42-48H,4-29H2,1-3H3/t30-,31?,32+,33-,34?,35-,36?,37?,38-,39-,40+,41-/m1/s1. The second-order valence-electron chi connectivity index (χ2n) is 18.3. The summed E-state index contributed by atoms with van der Waals surface area (Å²) in [5, 5.41) is 33.2. The van der Waals surface area contributed by atoms with Crippen LogP contribution >= 0.6 is 0 Å². The maximum Gasteiger partial charge on any atom is 0.0543 e. The molecule has 6 fully saturated rings.